The van der Waals surface area contributed by atoms with E-state index in [1.165, 1.54) is 7.11 Å². The Labute approximate surface area is 161 Å². The summed E-state index contributed by atoms with van der Waals surface area (Å²) in [6, 6.07) is 6.02. The van der Waals surface area contributed by atoms with Crippen LogP contribution in [0.4, 0.5) is 4.79 Å². The number of benzene rings is 1. The second-order valence-electron chi connectivity index (χ2n) is 7.58. The van der Waals surface area contributed by atoms with Gasteiger partial charge in [0.1, 0.15) is 11.4 Å². The summed E-state index contributed by atoms with van der Waals surface area (Å²) >= 11 is 0. The molecule has 0 atom stereocenters. The normalized spacial score (nSPS) is 14.4. The van der Waals surface area contributed by atoms with Crippen molar-refractivity contribution in [3.05, 3.63) is 35.4 Å². The zero-order valence-corrected chi connectivity index (χ0v) is 16.8. The molecule has 1 aromatic carbocycles. The Hall–Kier alpha value is -2.50. The Morgan fingerprint density at radius 2 is 1.96 bits per heavy atom. The number of hydrogen-bond donors (Lipinski definition) is 0. The van der Waals surface area contributed by atoms with E-state index in [2.05, 4.69) is 4.74 Å². The molecule has 0 unspecified atom stereocenters. The lowest BCUT2D eigenvalue weighted by molar-refractivity contribution is -0.141. The average Bonchev–Trinajstić information content (AvgIpc) is 2.60. The fourth-order valence-corrected chi connectivity index (χ4v) is 2.77. The van der Waals surface area contributed by atoms with Gasteiger partial charge in [0.05, 0.1) is 20.1 Å². The number of nitrogens with zero attached hydrogens (tertiary/aromatic N) is 1. The molecule has 27 heavy (non-hydrogen) atoms. The van der Waals surface area contributed by atoms with E-state index in [1.807, 2.05) is 52.0 Å². The summed E-state index contributed by atoms with van der Waals surface area (Å²) in [5, 5.41) is 0. The molecule has 0 saturated heterocycles. The molecule has 1 aliphatic heterocycles. The lowest BCUT2D eigenvalue weighted by atomic mass is 9.97. The molecule has 0 N–H and O–H groups in total. The summed E-state index contributed by atoms with van der Waals surface area (Å²) in [6.07, 6.45) is 2.66. The molecule has 1 amide bonds. The lowest BCUT2D eigenvalue weighted by Gasteiger charge is -2.30. The van der Waals surface area contributed by atoms with Crippen molar-refractivity contribution >= 4 is 17.6 Å². The third-order valence-corrected chi connectivity index (χ3v) is 4.14. The highest BCUT2D eigenvalue weighted by Crippen LogP contribution is 2.31. The summed E-state index contributed by atoms with van der Waals surface area (Å²) in [5.74, 6) is 0.449. The van der Waals surface area contributed by atoms with Gasteiger partial charge in [-0.1, -0.05) is 18.2 Å². The van der Waals surface area contributed by atoms with Crippen LogP contribution in [-0.2, 0) is 14.3 Å². The van der Waals surface area contributed by atoms with Gasteiger partial charge in [0.2, 0.25) is 0 Å². The Kier molecular flexibility index (Phi) is 6.88. The number of carbonyl (C=O) groups is 2. The number of ether oxygens (including phenoxy) is 3. The number of methoxy groups -OCH3 is 1. The number of amides is 1. The monoisotopic (exact) mass is 375 g/mol. The molecule has 0 aliphatic carbocycles. The highest BCUT2D eigenvalue weighted by molar-refractivity contribution is 5.75. The number of rotatable bonds is 5. The molecule has 0 saturated carbocycles. The minimum absolute atomic E-state index is 0.204. The first-order valence-corrected chi connectivity index (χ1v) is 9.17. The molecule has 0 aromatic heterocycles. The van der Waals surface area contributed by atoms with Gasteiger partial charge in [-0.2, -0.15) is 0 Å². The molecule has 0 radical (unpaired) electrons. The molecule has 148 valence electrons. The Morgan fingerprint density at radius 3 is 2.56 bits per heavy atom. The van der Waals surface area contributed by atoms with E-state index in [-0.39, 0.29) is 25.1 Å². The van der Waals surface area contributed by atoms with Crippen LogP contribution in [0.15, 0.2) is 24.3 Å². The van der Waals surface area contributed by atoms with Crippen LogP contribution in [0.3, 0.4) is 0 Å². The average molecular weight is 375 g/mol. The summed E-state index contributed by atoms with van der Waals surface area (Å²) in [6.45, 7) is 8.94. The maximum absolute atomic E-state index is 12.2. The van der Waals surface area contributed by atoms with E-state index in [0.717, 1.165) is 28.9 Å². The van der Waals surface area contributed by atoms with E-state index in [0.29, 0.717) is 13.1 Å². The van der Waals surface area contributed by atoms with Crippen molar-refractivity contribution in [2.75, 3.05) is 26.8 Å². The van der Waals surface area contributed by atoms with Gasteiger partial charge < -0.3 is 19.1 Å². The molecule has 1 aromatic rings. The minimum Gasteiger partial charge on any atom is -0.492 e. The molecule has 0 bridgehead atoms. The standard InChI is InChI=1S/C21H29NO5/c1-15-6-7-17(18(14-15)26-13-10-19(23)25-5)16-8-11-22(12-9-16)20(24)27-21(2,3)4/h6-8,14H,9-13H2,1-5H3. The molecular formula is C21H29NO5. The van der Waals surface area contributed by atoms with Crippen molar-refractivity contribution in [1.29, 1.82) is 0 Å². The Morgan fingerprint density at radius 1 is 1.22 bits per heavy atom. The molecule has 0 spiro atoms. The quantitative estimate of drug-likeness (QED) is 0.729. The van der Waals surface area contributed by atoms with E-state index in [4.69, 9.17) is 9.47 Å². The van der Waals surface area contributed by atoms with Crippen LogP contribution in [0.2, 0.25) is 0 Å². The number of esters is 1. The molecule has 6 heteroatoms. The minimum atomic E-state index is -0.501. The lowest BCUT2D eigenvalue weighted by Crippen LogP contribution is -2.39. The van der Waals surface area contributed by atoms with E-state index < -0.39 is 5.60 Å². The number of aryl methyl sites for hydroxylation is 1. The third-order valence-electron chi connectivity index (χ3n) is 4.14. The predicted molar refractivity (Wildman–Crippen MR) is 104 cm³/mol. The first-order chi connectivity index (χ1) is 12.7. The van der Waals surface area contributed by atoms with Gasteiger partial charge in [-0.05, 0) is 51.3 Å². The fourth-order valence-electron chi connectivity index (χ4n) is 2.77. The second-order valence-corrected chi connectivity index (χ2v) is 7.58. The van der Waals surface area contributed by atoms with Crippen LogP contribution in [0.25, 0.3) is 5.57 Å². The van der Waals surface area contributed by atoms with Crippen LogP contribution < -0.4 is 4.74 Å². The van der Waals surface area contributed by atoms with Gasteiger partial charge >= 0.3 is 12.1 Å². The van der Waals surface area contributed by atoms with Gasteiger partial charge in [-0.15, -0.1) is 0 Å². The van der Waals surface area contributed by atoms with Crippen LogP contribution in [-0.4, -0.2) is 49.4 Å². The van der Waals surface area contributed by atoms with Crippen LogP contribution in [0, 0.1) is 6.92 Å². The van der Waals surface area contributed by atoms with Crippen molar-refractivity contribution in [1.82, 2.24) is 4.90 Å². The smallest absolute Gasteiger partial charge is 0.410 e. The van der Waals surface area contributed by atoms with E-state index in [9.17, 15) is 9.59 Å². The highest BCUT2D eigenvalue weighted by Gasteiger charge is 2.24. The maximum Gasteiger partial charge on any atom is 0.410 e. The highest BCUT2D eigenvalue weighted by atomic mass is 16.6. The molecule has 2 rings (SSSR count). The maximum atomic E-state index is 12.2. The third kappa shape index (κ3) is 6.31. The largest absolute Gasteiger partial charge is 0.492 e. The van der Waals surface area contributed by atoms with Crippen molar-refractivity contribution in [3.8, 4) is 5.75 Å². The summed E-state index contributed by atoms with van der Waals surface area (Å²) in [4.78, 5) is 25.2. The fraction of sp³-hybridized carbons (Fsp3) is 0.524. The van der Waals surface area contributed by atoms with Crippen molar-refractivity contribution in [2.45, 2.75) is 46.1 Å². The molecule has 1 aliphatic rings. The van der Waals surface area contributed by atoms with E-state index in [1.54, 1.807) is 4.90 Å². The van der Waals surface area contributed by atoms with E-state index >= 15 is 0 Å². The molecule has 6 nitrogen and oxygen atoms in total. The predicted octanol–water partition coefficient (Wildman–Crippen LogP) is 3.96. The first kappa shape index (κ1) is 20.8. The summed E-state index contributed by atoms with van der Waals surface area (Å²) in [7, 11) is 1.36. The zero-order chi connectivity index (χ0) is 20.0. The van der Waals surface area contributed by atoms with Gasteiger partial charge in [-0.3, -0.25) is 4.79 Å². The first-order valence-electron chi connectivity index (χ1n) is 9.17. The van der Waals surface area contributed by atoms with Gasteiger partial charge in [-0.25, -0.2) is 4.79 Å². The molecule has 1 heterocycles. The Bertz CT molecular complexity index is 718. The topological polar surface area (TPSA) is 65.1 Å². The second kappa shape index (κ2) is 8.93. The van der Waals surface area contributed by atoms with Crippen molar-refractivity contribution < 1.29 is 23.8 Å². The van der Waals surface area contributed by atoms with Gasteiger partial charge in [0, 0.05) is 18.7 Å². The zero-order valence-electron chi connectivity index (χ0n) is 16.8. The van der Waals surface area contributed by atoms with Crippen LogP contribution in [0.5, 0.6) is 5.75 Å². The summed E-state index contributed by atoms with van der Waals surface area (Å²) < 4.78 is 15.9. The number of hydrogen-bond acceptors (Lipinski definition) is 5. The molecule has 0 fully saturated rings. The Balaban J connectivity index is 2.07. The molecular weight excluding hydrogens is 346 g/mol. The van der Waals surface area contributed by atoms with Crippen LogP contribution >= 0.6 is 0 Å². The summed E-state index contributed by atoms with van der Waals surface area (Å²) in [5.41, 5.74) is 2.70. The van der Waals surface area contributed by atoms with Gasteiger partial charge in [0.25, 0.3) is 0 Å². The van der Waals surface area contributed by atoms with Crippen molar-refractivity contribution in [2.24, 2.45) is 0 Å². The number of carbonyl (C=O) groups excluding carboxylic acids is 2. The van der Waals surface area contributed by atoms with Gasteiger partial charge in [0.15, 0.2) is 0 Å². The van der Waals surface area contributed by atoms with Crippen LogP contribution in [0.1, 0.15) is 44.7 Å². The van der Waals surface area contributed by atoms with Crippen molar-refractivity contribution in [3.63, 3.8) is 0 Å². The SMILES string of the molecule is COC(=O)CCOc1cc(C)ccc1C1=CCN(C(=O)OC(C)(C)C)CC1.